The molecule has 0 aliphatic rings. The van der Waals surface area contributed by atoms with E-state index in [0.29, 0.717) is 23.2 Å². The zero-order chi connectivity index (χ0) is 15.5. The Morgan fingerprint density at radius 3 is 2.35 bits per heavy atom. The molecule has 0 fully saturated rings. The lowest BCUT2D eigenvalue weighted by Crippen LogP contribution is -2.33. The molecule has 0 aromatic heterocycles. The number of benzene rings is 1. The largest absolute Gasteiger partial charge is 0.495 e. The van der Waals surface area contributed by atoms with Gasteiger partial charge in [0.25, 0.3) is 0 Å². The van der Waals surface area contributed by atoms with Gasteiger partial charge < -0.3 is 15.4 Å². The molecule has 0 amide bonds. The van der Waals surface area contributed by atoms with E-state index in [0.717, 1.165) is 0 Å². The predicted molar refractivity (Wildman–Crippen MR) is 83.5 cm³/mol. The summed E-state index contributed by atoms with van der Waals surface area (Å²) in [6, 6.07) is 2.96. The predicted octanol–water partition coefficient (Wildman–Crippen LogP) is 1.22. The fourth-order valence-corrected chi connectivity index (χ4v) is 3.19. The van der Waals surface area contributed by atoms with Crippen LogP contribution >= 0.6 is 15.9 Å². The number of hydrogen-bond donors (Lipinski definition) is 1. The molecule has 0 atom stereocenters. The van der Waals surface area contributed by atoms with Crippen LogP contribution in [0.5, 0.6) is 5.75 Å². The van der Waals surface area contributed by atoms with Crippen LogP contribution in [-0.4, -0.2) is 59.0 Å². The topological polar surface area (TPSA) is 75.9 Å². The van der Waals surface area contributed by atoms with E-state index in [1.807, 2.05) is 19.0 Å². The molecule has 0 bridgehead atoms. The van der Waals surface area contributed by atoms with Crippen LogP contribution < -0.4 is 10.5 Å². The summed E-state index contributed by atoms with van der Waals surface area (Å²) in [5, 5.41) is 0. The fraction of sp³-hybridized carbons (Fsp3) is 0.500. The first kappa shape index (κ1) is 17.2. The highest BCUT2D eigenvalue weighted by molar-refractivity contribution is 9.10. The number of nitrogens with two attached hydrogens (primary N) is 1. The molecule has 2 N–H and O–H groups in total. The summed E-state index contributed by atoms with van der Waals surface area (Å²) >= 11 is 3.25. The summed E-state index contributed by atoms with van der Waals surface area (Å²) in [6.45, 7) is 1.01. The summed E-state index contributed by atoms with van der Waals surface area (Å²) in [7, 11) is 3.10. The van der Waals surface area contributed by atoms with E-state index in [-0.39, 0.29) is 10.6 Å². The van der Waals surface area contributed by atoms with Crippen molar-refractivity contribution in [3.05, 3.63) is 16.6 Å². The van der Waals surface area contributed by atoms with Gasteiger partial charge in [-0.15, -0.1) is 0 Å². The number of likely N-dealkylation sites (N-methyl/N-ethyl adjacent to an activating group) is 2. The van der Waals surface area contributed by atoms with Crippen LogP contribution in [0.25, 0.3) is 0 Å². The molecule has 0 radical (unpaired) electrons. The highest BCUT2D eigenvalue weighted by atomic mass is 79.9. The zero-order valence-electron chi connectivity index (χ0n) is 12.1. The quantitative estimate of drug-likeness (QED) is 0.767. The van der Waals surface area contributed by atoms with Crippen LogP contribution in [0.4, 0.5) is 5.69 Å². The Labute approximate surface area is 128 Å². The lowest BCUT2D eigenvalue weighted by Gasteiger charge is -2.21. The van der Waals surface area contributed by atoms with Gasteiger partial charge in [-0.3, -0.25) is 0 Å². The minimum Gasteiger partial charge on any atom is -0.495 e. The van der Waals surface area contributed by atoms with E-state index in [1.165, 1.54) is 24.5 Å². The maximum Gasteiger partial charge on any atom is 0.246 e. The van der Waals surface area contributed by atoms with Crippen molar-refractivity contribution in [3.63, 3.8) is 0 Å². The molecule has 0 spiro atoms. The maximum atomic E-state index is 12.5. The number of anilines is 1. The molecule has 1 aromatic carbocycles. The van der Waals surface area contributed by atoms with Gasteiger partial charge in [0, 0.05) is 30.3 Å². The minimum atomic E-state index is -3.64. The second kappa shape index (κ2) is 6.75. The number of nitrogen functional groups attached to an aromatic ring is 1. The van der Waals surface area contributed by atoms with Gasteiger partial charge in [0.15, 0.2) is 0 Å². The van der Waals surface area contributed by atoms with Crippen LogP contribution in [0.15, 0.2) is 21.5 Å². The summed E-state index contributed by atoms with van der Waals surface area (Å²) in [5.74, 6) is 0.266. The normalized spacial score (nSPS) is 12.2. The Hall–Kier alpha value is -0.830. The second-order valence-corrected chi connectivity index (χ2v) is 7.52. The summed E-state index contributed by atoms with van der Waals surface area (Å²) in [5.41, 5.74) is 6.12. The van der Waals surface area contributed by atoms with Crippen molar-refractivity contribution in [1.82, 2.24) is 9.21 Å². The van der Waals surface area contributed by atoms with Gasteiger partial charge in [0.05, 0.1) is 7.11 Å². The van der Waals surface area contributed by atoms with E-state index in [9.17, 15) is 8.42 Å². The van der Waals surface area contributed by atoms with Gasteiger partial charge in [0.1, 0.15) is 10.6 Å². The molecule has 20 heavy (non-hydrogen) atoms. The molecule has 0 saturated carbocycles. The molecule has 0 heterocycles. The molecule has 0 aliphatic carbocycles. The van der Waals surface area contributed by atoms with Crippen LogP contribution in [0.3, 0.4) is 0 Å². The number of nitrogens with zero attached hydrogens (tertiary/aromatic N) is 2. The Morgan fingerprint density at radius 1 is 1.25 bits per heavy atom. The number of sulfonamides is 1. The van der Waals surface area contributed by atoms with E-state index >= 15 is 0 Å². The number of halogens is 1. The second-order valence-electron chi connectivity index (χ2n) is 4.65. The van der Waals surface area contributed by atoms with Crippen LogP contribution in [0.1, 0.15) is 0 Å². The zero-order valence-corrected chi connectivity index (χ0v) is 14.5. The number of methoxy groups -OCH3 is 1. The number of hydrogen-bond acceptors (Lipinski definition) is 5. The number of ether oxygens (including phenoxy) is 1. The minimum absolute atomic E-state index is 0.0713. The summed E-state index contributed by atoms with van der Waals surface area (Å²) < 4.78 is 32.1. The SMILES string of the molecule is COc1cc(Br)c(N)cc1S(=O)(=O)N(C)CCN(C)C. The fourth-order valence-electron chi connectivity index (χ4n) is 1.54. The maximum absolute atomic E-state index is 12.5. The van der Waals surface area contributed by atoms with Crippen molar-refractivity contribution in [1.29, 1.82) is 0 Å². The van der Waals surface area contributed by atoms with Crippen molar-refractivity contribution in [2.45, 2.75) is 4.90 Å². The lowest BCUT2D eigenvalue weighted by molar-refractivity contribution is 0.356. The molecule has 8 heteroatoms. The van der Waals surface area contributed by atoms with Crippen molar-refractivity contribution >= 4 is 31.6 Å². The van der Waals surface area contributed by atoms with E-state index < -0.39 is 10.0 Å². The average molecular weight is 366 g/mol. The van der Waals surface area contributed by atoms with Crippen molar-refractivity contribution in [3.8, 4) is 5.75 Å². The molecular formula is C12H20BrN3O3S. The van der Waals surface area contributed by atoms with E-state index in [4.69, 9.17) is 10.5 Å². The first-order chi connectivity index (χ1) is 9.20. The molecule has 6 nitrogen and oxygen atoms in total. The van der Waals surface area contributed by atoms with Crippen molar-refractivity contribution < 1.29 is 13.2 Å². The Kier molecular flexibility index (Phi) is 5.81. The van der Waals surface area contributed by atoms with E-state index in [1.54, 1.807) is 6.07 Å². The van der Waals surface area contributed by atoms with Crippen molar-refractivity contribution in [2.24, 2.45) is 0 Å². The molecule has 114 valence electrons. The highest BCUT2D eigenvalue weighted by Crippen LogP contribution is 2.33. The summed E-state index contributed by atoms with van der Waals surface area (Å²) in [6.07, 6.45) is 0. The Bertz CT molecular complexity index is 576. The standard InChI is InChI=1S/C12H20BrN3O3S/c1-15(2)5-6-16(3)20(17,18)12-8-10(14)9(13)7-11(12)19-4/h7-8H,5-6,14H2,1-4H3. The average Bonchev–Trinajstić information content (AvgIpc) is 2.38. The lowest BCUT2D eigenvalue weighted by atomic mass is 10.3. The van der Waals surface area contributed by atoms with Gasteiger partial charge in [-0.2, -0.15) is 4.31 Å². The molecule has 1 rings (SSSR count). The van der Waals surface area contributed by atoms with Crippen LogP contribution in [0, 0.1) is 0 Å². The Morgan fingerprint density at radius 2 is 1.85 bits per heavy atom. The first-order valence-electron chi connectivity index (χ1n) is 5.94. The Balaban J connectivity index is 3.18. The monoisotopic (exact) mass is 365 g/mol. The van der Waals surface area contributed by atoms with Gasteiger partial charge in [-0.25, -0.2) is 8.42 Å². The molecule has 0 aliphatic heterocycles. The third-order valence-corrected chi connectivity index (χ3v) is 5.40. The highest BCUT2D eigenvalue weighted by Gasteiger charge is 2.25. The van der Waals surface area contributed by atoms with Gasteiger partial charge in [-0.05, 0) is 42.2 Å². The van der Waals surface area contributed by atoms with Crippen LogP contribution in [0.2, 0.25) is 0 Å². The molecular weight excluding hydrogens is 346 g/mol. The molecule has 1 aromatic rings. The third kappa shape index (κ3) is 3.85. The van der Waals surface area contributed by atoms with Gasteiger partial charge in [-0.1, -0.05) is 0 Å². The van der Waals surface area contributed by atoms with E-state index in [2.05, 4.69) is 15.9 Å². The van der Waals surface area contributed by atoms with Crippen LogP contribution in [-0.2, 0) is 10.0 Å². The third-order valence-electron chi connectivity index (χ3n) is 2.83. The van der Waals surface area contributed by atoms with Gasteiger partial charge in [0.2, 0.25) is 10.0 Å². The summed E-state index contributed by atoms with van der Waals surface area (Å²) in [4.78, 5) is 1.99. The molecule has 0 saturated heterocycles. The van der Waals surface area contributed by atoms with Crippen molar-refractivity contribution in [2.75, 3.05) is 47.1 Å². The smallest absolute Gasteiger partial charge is 0.246 e. The van der Waals surface area contributed by atoms with Gasteiger partial charge >= 0.3 is 0 Å². The molecule has 0 unspecified atom stereocenters. The first-order valence-corrected chi connectivity index (χ1v) is 8.17. The number of rotatable bonds is 6.